The molecule has 4 rings (SSSR count). The van der Waals surface area contributed by atoms with Gasteiger partial charge < -0.3 is 0 Å². The predicted octanol–water partition coefficient (Wildman–Crippen LogP) is 6.02. The molecule has 0 saturated heterocycles. The van der Waals surface area contributed by atoms with E-state index in [9.17, 15) is 4.79 Å². The lowest BCUT2D eigenvalue weighted by atomic mass is 10.2. The van der Waals surface area contributed by atoms with Gasteiger partial charge in [-0.25, -0.2) is 4.98 Å². The molecule has 26 heavy (non-hydrogen) atoms. The molecule has 0 fully saturated rings. The standard InChI is InChI=1S/C18H11BrClN3OS2/c19-15-7-6-14(25-15)17(24)23(10-11-3-2-8-21-9-11)18-22-16-12(20)4-1-5-13(16)26-18/h1-9H,10H2. The maximum Gasteiger partial charge on any atom is 0.270 e. The minimum atomic E-state index is -0.0975. The quantitative estimate of drug-likeness (QED) is 0.371. The van der Waals surface area contributed by atoms with Crippen LogP contribution in [0.15, 0.2) is 58.6 Å². The summed E-state index contributed by atoms with van der Waals surface area (Å²) in [7, 11) is 0. The lowest BCUT2D eigenvalue weighted by Gasteiger charge is -2.19. The highest BCUT2D eigenvalue weighted by atomic mass is 79.9. The van der Waals surface area contributed by atoms with Crippen molar-refractivity contribution in [2.24, 2.45) is 0 Å². The van der Waals surface area contributed by atoms with E-state index >= 15 is 0 Å². The van der Waals surface area contributed by atoms with Crippen molar-refractivity contribution in [3.05, 3.63) is 74.1 Å². The number of pyridine rings is 1. The fraction of sp³-hybridized carbons (Fsp3) is 0.0556. The number of amides is 1. The number of anilines is 1. The fourth-order valence-electron chi connectivity index (χ4n) is 2.48. The molecule has 0 aliphatic rings. The van der Waals surface area contributed by atoms with Crippen LogP contribution in [0.1, 0.15) is 15.2 Å². The van der Waals surface area contributed by atoms with Crippen LogP contribution in [0.25, 0.3) is 10.2 Å². The summed E-state index contributed by atoms with van der Waals surface area (Å²) < 4.78 is 1.86. The Hall–Kier alpha value is -1.80. The van der Waals surface area contributed by atoms with E-state index in [4.69, 9.17) is 11.6 Å². The number of carbonyl (C=O) groups is 1. The molecule has 8 heteroatoms. The Kier molecular flexibility index (Phi) is 5.04. The number of fused-ring (bicyclic) bond motifs is 1. The van der Waals surface area contributed by atoms with Gasteiger partial charge in [-0.05, 0) is 51.8 Å². The van der Waals surface area contributed by atoms with Gasteiger partial charge in [-0.3, -0.25) is 14.7 Å². The summed E-state index contributed by atoms with van der Waals surface area (Å²) in [6.07, 6.45) is 3.47. The number of hydrogen-bond donors (Lipinski definition) is 0. The number of benzene rings is 1. The average molecular weight is 465 g/mol. The monoisotopic (exact) mass is 463 g/mol. The third-order valence-electron chi connectivity index (χ3n) is 3.68. The van der Waals surface area contributed by atoms with Gasteiger partial charge in [0.1, 0.15) is 5.52 Å². The lowest BCUT2D eigenvalue weighted by Crippen LogP contribution is -2.29. The molecule has 1 aromatic carbocycles. The third-order valence-corrected chi connectivity index (χ3v) is 6.64. The molecule has 0 radical (unpaired) electrons. The van der Waals surface area contributed by atoms with Crippen LogP contribution in [0.2, 0.25) is 5.02 Å². The number of thiophene rings is 1. The maximum atomic E-state index is 13.2. The van der Waals surface area contributed by atoms with E-state index in [2.05, 4.69) is 25.9 Å². The molecule has 0 bridgehead atoms. The smallest absolute Gasteiger partial charge is 0.270 e. The van der Waals surface area contributed by atoms with E-state index in [-0.39, 0.29) is 5.91 Å². The van der Waals surface area contributed by atoms with Gasteiger partial charge in [0.2, 0.25) is 0 Å². The molecular weight excluding hydrogens is 454 g/mol. The van der Waals surface area contributed by atoms with Gasteiger partial charge in [-0.2, -0.15) is 0 Å². The number of carbonyl (C=O) groups excluding carboxylic acids is 1. The van der Waals surface area contributed by atoms with Crippen LogP contribution < -0.4 is 4.90 Å². The maximum absolute atomic E-state index is 13.2. The Morgan fingerprint density at radius 2 is 2.04 bits per heavy atom. The summed E-state index contributed by atoms with van der Waals surface area (Å²) >= 11 is 12.5. The Balaban J connectivity index is 1.78. The van der Waals surface area contributed by atoms with Crippen LogP contribution in [-0.2, 0) is 6.54 Å². The van der Waals surface area contributed by atoms with E-state index in [0.29, 0.717) is 27.1 Å². The van der Waals surface area contributed by atoms with Crippen molar-refractivity contribution in [3.63, 3.8) is 0 Å². The van der Waals surface area contributed by atoms with E-state index in [1.165, 1.54) is 22.7 Å². The molecule has 0 aliphatic carbocycles. The zero-order valence-electron chi connectivity index (χ0n) is 13.2. The molecule has 4 nitrogen and oxygen atoms in total. The molecule has 130 valence electrons. The zero-order chi connectivity index (χ0) is 18.1. The fourth-order valence-corrected chi connectivity index (χ4v) is 5.08. The SMILES string of the molecule is O=C(c1ccc(Br)s1)N(Cc1cccnc1)c1nc2c(Cl)cccc2s1. The van der Waals surface area contributed by atoms with E-state index in [0.717, 1.165) is 14.0 Å². The Morgan fingerprint density at radius 1 is 1.15 bits per heavy atom. The summed E-state index contributed by atoms with van der Waals surface area (Å²) in [5, 5.41) is 1.20. The van der Waals surface area contributed by atoms with Gasteiger partial charge in [0.05, 0.1) is 24.9 Å². The number of nitrogens with zero attached hydrogens (tertiary/aromatic N) is 3. The largest absolute Gasteiger partial charge is 0.279 e. The number of halogens is 2. The van der Waals surface area contributed by atoms with Crippen molar-refractivity contribution in [3.8, 4) is 0 Å². The van der Waals surface area contributed by atoms with Crippen LogP contribution in [-0.4, -0.2) is 15.9 Å². The summed E-state index contributed by atoms with van der Waals surface area (Å²) in [6.45, 7) is 0.389. The van der Waals surface area contributed by atoms with Crippen molar-refractivity contribution >= 4 is 71.5 Å². The van der Waals surface area contributed by atoms with Crippen molar-refractivity contribution in [2.75, 3.05) is 4.90 Å². The highest BCUT2D eigenvalue weighted by Gasteiger charge is 2.23. The van der Waals surface area contributed by atoms with Gasteiger partial charge in [0, 0.05) is 12.4 Å². The first kappa shape index (κ1) is 17.6. The number of para-hydroxylation sites is 1. The second kappa shape index (κ2) is 7.44. The van der Waals surface area contributed by atoms with Crippen LogP contribution in [0.3, 0.4) is 0 Å². The molecule has 3 heterocycles. The number of aromatic nitrogens is 2. The second-order valence-electron chi connectivity index (χ2n) is 5.44. The first-order chi connectivity index (χ1) is 12.6. The summed E-state index contributed by atoms with van der Waals surface area (Å²) in [6, 6.07) is 13.1. The highest BCUT2D eigenvalue weighted by Crippen LogP contribution is 2.35. The molecule has 0 saturated carbocycles. The van der Waals surface area contributed by atoms with Gasteiger partial charge in [-0.1, -0.05) is 35.1 Å². The number of rotatable bonds is 4. The summed E-state index contributed by atoms with van der Waals surface area (Å²) in [4.78, 5) is 24.2. The third kappa shape index (κ3) is 3.53. The summed E-state index contributed by atoms with van der Waals surface area (Å²) in [5.41, 5.74) is 1.65. The number of hydrogen-bond acceptors (Lipinski definition) is 5. The molecule has 0 aliphatic heterocycles. The van der Waals surface area contributed by atoms with Crippen molar-refractivity contribution in [2.45, 2.75) is 6.54 Å². The first-order valence-electron chi connectivity index (χ1n) is 7.63. The predicted molar refractivity (Wildman–Crippen MR) is 111 cm³/mol. The zero-order valence-corrected chi connectivity index (χ0v) is 17.2. The highest BCUT2D eigenvalue weighted by molar-refractivity contribution is 9.11. The molecule has 4 aromatic rings. The van der Waals surface area contributed by atoms with Crippen LogP contribution in [0.4, 0.5) is 5.13 Å². The molecule has 0 N–H and O–H groups in total. The average Bonchev–Trinajstić information content (AvgIpc) is 3.27. The molecule has 3 aromatic heterocycles. The normalized spacial score (nSPS) is 11.0. The number of thiazole rings is 1. The van der Waals surface area contributed by atoms with Gasteiger partial charge in [-0.15, -0.1) is 11.3 Å². The minimum Gasteiger partial charge on any atom is -0.279 e. The lowest BCUT2D eigenvalue weighted by molar-refractivity contribution is 0.0989. The Labute approximate surface area is 171 Å². The Bertz CT molecular complexity index is 1080. The summed E-state index contributed by atoms with van der Waals surface area (Å²) in [5.74, 6) is -0.0975. The van der Waals surface area contributed by atoms with E-state index < -0.39 is 0 Å². The molecule has 0 unspecified atom stereocenters. The topological polar surface area (TPSA) is 46.1 Å². The molecule has 0 atom stereocenters. The second-order valence-corrected chi connectivity index (χ2v) is 9.32. The van der Waals surface area contributed by atoms with Gasteiger partial charge in [0.25, 0.3) is 5.91 Å². The molecule has 0 spiro atoms. The van der Waals surface area contributed by atoms with Gasteiger partial charge in [0.15, 0.2) is 5.13 Å². The Morgan fingerprint density at radius 3 is 2.73 bits per heavy atom. The van der Waals surface area contributed by atoms with Crippen molar-refractivity contribution in [1.82, 2.24) is 9.97 Å². The van der Waals surface area contributed by atoms with E-state index in [1.807, 2.05) is 36.4 Å². The first-order valence-corrected chi connectivity index (χ1v) is 10.4. The van der Waals surface area contributed by atoms with Crippen LogP contribution >= 0.6 is 50.2 Å². The van der Waals surface area contributed by atoms with Crippen molar-refractivity contribution in [1.29, 1.82) is 0 Å². The molecule has 1 amide bonds. The minimum absolute atomic E-state index is 0.0975. The van der Waals surface area contributed by atoms with Gasteiger partial charge >= 0.3 is 0 Å². The van der Waals surface area contributed by atoms with Crippen LogP contribution in [0, 0.1) is 0 Å². The molecular formula is C18H11BrClN3OS2. The van der Waals surface area contributed by atoms with Crippen LogP contribution in [0.5, 0.6) is 0 Å². The van der Waals surface area contributed by atoms with E-state index in [1.54, 1.807) is 23.4 Å². The van der Waals surface area contributed by atoms with Crippen molar-refractivity contribution < 1.29 is 4.79 Å².